The molecule has 0 aliphatic heterocycles. The second kappa shape index (κ2) is 6.81. The van der Waals surface area contributed by atoms with Crippen molar-refractivity contribution in [2.24, 2.45) is 0 Å². The number of rotatable bonds is 6. The Labute approximate surface area is 113 Å². The van der Waals surface area contributed by atoms with Crippen LogP contribution in [0.3, 0.4) is 0 Å². The molecule has 0 radical (unpaired) electrons. The monoisotopic (exact) mass is 258 g/mol. The Hall–Kier alpha value is -2.00. The first-order valence-electron chi connectivity index (χ1n) is 6.32. The van der Waals surface area contributed by atoms with E-state index >= 15 is 0 Å². The van der Waals surface area contributed by atoms with Crippen LogP contribution in [0.1, 0.15) is 12.5 Å². The largest absolute Gasteiger partial charge is 0.489 e. The molecule has 1 N–H and O–H groups in total. The van der Waals surface area contributed by atoms with Gasteiger partial charge in [-0.3, -0.25) is 0 Å². The minimum absolute atomic E-state index is 0.00486. The van der Waals surface area contributed by atoms with E-state index in [9.17, 15) is 0 Å². The van der Waals surface area contributed by atoms with Crippen LogP contribution in [0.4, 0.5) is 0 Å². The van der Waals surface area contributed by atoms with Crippen molar-refractivity contribution in [3.8, 4) is 11.5 Å². The summed E-state index contributed by atoms with van der Waals surface area (Å²) in [6.07, 6.45) is -0.218. The van der Waals surface area contributed by atoms with Crippen molar-refractivity contribution in [3.63, 3.8) is 0 Å². The average Bonchev–Trinajstić information content (AvgIpc) is 2.46. The fraction of sp³-hybridized carbons (Fsp3) is 0.250. The maximum Gasteiger partial charge on any atom is 0.123 e. The van der Waals surface area contributed by atoms with Crippen molar-refractivity contribution in [2.75, 3.05) is 6.61 Å². The lowest BCUT2D eigenvalue weighted by molar-refractivity contribution is 0.129. The van der Waals surface area contributed by atoms with Crippen LogP contribution in [0.5, 0.6) is 11.5 Å². The molecule has 0 amide bonds. The van der Waals surface area contributed by atoms with E-state index in [4.69, 9.17) is 14.6 Å². The first-order chi connectivity index (χ1) is 9.28. The van der Waals surface area contributed by atoms with Gasteiger partial charge in [0, 0.05) is 6.07 Å². The molecule has 0 heterocycles. The zero-order valence-corrected chi connectivity index (χ0v) is 11.0. The van der Waals surface area contributed by atoms with Crippen LogP contribution in [-0.2, 0) is 6.61 Å². The van der Waals surface area contributed by atoms with Crippen LogP contribution in [-0.4, -0.2) is 17.8 Å². The summed E-state index contributed by atoms with van der Waals surface area (Å²) in [4.78, 5) is 0. The van der Waals surface area contributed by atoms with Crippen LogP contribution in [0.25, 0.3) is 0 Å². The van der Waals surface area contributed by atoms with Crippen molar-refractivity contribution in [2.45, 2.75) is 19.6 Å². The Morgan fingerprint density at radius 1 is 1.00 bits per heavy atom. The Morgan fingerprint density at radius 3 is 2.47 bits per heavy atom. The molecule has 2 rings (SSSR count). The van der Waals surface area contributed by atoms with Crippen molar-refractivity contribution in [3.05, 3.63) is 60.2 Å². The maximum atomic E-state index is 8.96. The molecule has 0 saturated heterocycles. The molecule has 0 saturated carbocycles. The van der Waals surface area contributed by atoms with E-state index < -0.39 is 0 Å². The zero-order valence-electron chi connectivity index (χ0n) is 11.0. The van der Waals surface area contributed by atoms with E-state index in [1.165, 1.54) is 0 Å². The fourth-order valence-electron chi connectivity index (χ4n) is 1.65. The van der Waals surface area contributed by atoms with E-state index in [0.717, 1.165) is 11.3 Å². The van der Waals surface area contributed by atoms with Crippen LogP contribution < -0.4 is 9.47 Å². The summed E-state index contributed by atoms with van der Waals surface area (Å²) in [5.41, 5.74) is 1.12. The summed E-state index contributed by atoms with van der Waals surface area (Å²) in [6.45, 7) is 2.34. The Bertz CT molecular complexity index is 496. The summed E-state index contributed by atoms with van der Waals surface area (Å²) in [7, 11) is 0. The first kappa shape index (κ1) is 13.4. The van der Waals surface area contributed by atoms with Crippen molar-refractivity contribution < 1.29 is 14.6 Å². The summed E-state index contributed by atoms with van der Waals surface area (Å²) in [6, 6.07) is 17.4. The third-order valence-electron chi connectivity index (χ3n) is 2.65. The fourth-order valence-corrected chi connectivity index (χ4v) is 1.65. The molecule has 19 heavy (non-hydrogen) atoms. The van der Waals surface area contributed by atoms with Gasteiger partial charge in [0.1, 0.15) is 24.2 Å². The third kappa shape index (κ3) is 4.30. The molecule has 1 atom stereocenters. The lowest BCUT2D eigenvalue weighted by Crippen LogP contribution is -2.16. The standard InChI is InChI=1S/C16H18O3/c1-13(11-17)19-16-9-5-8-15(10-16)18-12-14-6-3-2-4-7-14/h2-10,13,17H,11-12H2,1H3/t13-/m1/s1. The summed E-state index contributed by atoms with van der Waals surface area (Å²) in [5.74, 6) is 1.46. The predicted molar refractivity (Wildman–Crippen MR) is 74.4 cm³/mol. The van der Waals surface area contributed by atoms with Gasteiger partial charge >= 0.3 is 0 Å². The molecule has 3 heteroatoms. The second-order valence-corrected chi connectivity index (χ2v) is 4.36. The van der Waals surface area contributed by atoms with Crippen LogP contribution in [0.2, 0.25) is 0 Å². The van der Waals surface area contributed by atoms with Crippen LogP contribution in [0.15, 0.2) is 54.6 Å². The van der Waals surface area contributed by atoms with Gasteiger partial charge in [-0.05, 0) is 24.6 Å². The van der Waals surface area contributed by atoms with Crippen molar-refractivity contribution in [1.82, 2.24) is 0 Å². The van der Waals surface area contributed by atoms with Gasteiger partial charge in [-0.25, -0.2) is 0 Å². The normalized spacial score (nSPS) is 11.9. The Balaban J connectivity index is 1.95. The smallest absolute Gasteiger partial charge is 0.123 e. The number of ether oxygens (including phenoxy) is 2. The molecule has 100 valence electrons. The molecule has 0 aromatic heterocycles. The summed E-state index contributed by atoms with van der Waals surface area (Å²) in [5, 5.41) is 8.96. The molecule has 0 spiro atoms. The molecule has 0 fully saturated rings. The number of hydrogen-bond acceptors (Lipinski definition) is 3. The van der Waals surface area contributed by atoms with E-state index in [2.05, 4.69) is 0 Å². The van der Waals surface area contributed by atoms with Gasteiger partial charge in [0.2, 0.25) is 0 Å². The molecule has 2 aromatic rings. The molecular weight excluding hydrogens is 240 g/mol. The molecule has 0 bridgehead atoms. The van der Waals surface area contributed by atoms with E-state index in [-0.39, 0.29) is 12.7 Å². The highest BCUT2D eigenvalue weighted by atomic mass is 16.5. The van der Waals surface area contributed by atoms with Gasteiger partial charge in [-0.15, -0.1) is 0 Å². The molecule has 0 aliphatic carbocycles. The van der Waals surface area contributed by atoms with Gasteiger partial charge in [0.15, 0.2) is 0 Å². The summed E-state index contributed by atoms with van der Waals surface area (Å²) < 4.78 is 11.2. The van der Waals surface area contributed by atoms with Gasteiger partial charge in [-0.1, -0.05) is 36.4 Å². The van der Waals surface area contributed by atoms with E-state index in [1.807, 2.05) is 61.5 Å². The lowest BCUT2D eigenvalue weighted by atomic mass is 10.2. The second-order valence-electron chi connectivity index (χ2n) is 4.36. The van der Waals surface area contributed by atoms with E-state index in [1.54, 1.807) is 0 Å². The Morgan fingerprint density at radius 2 is 1.74 bits per heavy atom. The van der Waals surface area contributed by atoms with Gasteiger partial charge in [0.25, 0.3) is 0 Å². The lowest BCUT2D eigenvalue weighted by Gasteiger charge is -2.13. The highest BCUT2D eigenvalue weighted by Gasteiger charge is 2.03. The van der Waals surface area contributed by atoms with Crippen LogP contribution in [0, 0.1) is 0 Å². The van der Waals surface area contributed by atoms with E-state index in [0.29, 0.717) is 12.4 Å². The highest BCUT2D eigenvalue weighted by molar-refractivity contribution is 5.33. The number of aliphatic hydroxyl groups is 1. The number of aliphatic hydroxyl groups excluding tert-OH is 1. The van der Waals surface area contributed by atoms with Crippen LogP contribution >= 0.6 is 0 Å². The highest BCUT2D eigenvalue weighted by Crippen LogP contribution is 2.21. The first-order valence-corrected chi connectivity index (χ1v) is 6.32. The molecule has 0 aliphatic rings. The molecule has 2 aromatic carbocycles. The van der Waals surface area contributed by atoms with Crippen molar-refractivity contribution >= 4 is 0 Å². The quantitative estimate of drug-likeness (QED) is 0.865. The predicted octanol–water partition coefficient (Wildman–Crippen LogP) is 3.03. The maximum absolute atomic E-state index is 8.96. The zero-order chi connectivity index (χ0) is 13.5. The number of benzene rings is 2. The van der Waals surface area contributed by atoms with Gasteiger partial charge in [0.05, 0.1) is 6.61 Å². The van der Waals surface area contributed by atoms with Gasteiger partial charge < -0.3 is 14.6 Å². The minimum Gasteiger partial charge on any atom is -0.489 e. The topological polar surface area (TPSA) is 38.7 Å². The molecule has 0 unspecified atom stereocenters. The van der Waals surface area contributed by atoms with Crippen molar-refractivity contribution in [1.29, 1.82) is 0 Å². The van der Waals surface area contributed by atoms with Gasteiger partial charge in [-0.2, -0.15) is 0 Å². The molecule has 3 nitrogen and oxygen atoms in total. The SMILES string of the molecule is C[C@H](CO)Oc1cccc(OCc2ccccc2)c1. The molecular formula is C16H18O3. The number of hydrogen-bond donors (Lipinski definition) is 1. The Kier molecular flexibility index (Phi) is 4.81. The minimum atomic E-state index is -0.218. The third-order valence-corrected chi connectivity index (χ3v) is 2.65. The average molecular weight is 258 g/mol. The summed E-state index contributed by atoms with van der Waals surface area (Å²) >= 11 is 0.